The highest BCUT2D eigenvalue weighted by Crippen LogP contribution is 2.49. The van der Waals surface area contributed by atoms with Gasteiger partial charge in [0.1, 0.15) is 0 Å². The smallest absolute Gasteiger partial charge is 0.164 e. The van der Waals surface area contributed by atoms with Gasteiger partial charge in [-0.1, -0.05) is 110 Å². The highest BCUT2D eigenvalue weighted by Gasteiger charge is 2.35. The van der Waals surface area contributed by atoms with Gasteiger partial charge in [0, 0.05) is 22.1 Å². The summed E-state index contributed by atoms with van der Waals surface area (Å²) in [7, 11) is 0. The van der Waals surface area contributed by atoms with Crippen LogP contribution in [0, 0.1) is 13.8 Å². The van der Waals surface area contributed by atoms with Crippen LogP contribution in [-0.2, 0) is 5.41 Å². The molecule has 0 saturated carbocycles. The Balaban J connectivity index is 1.53. The minimum absolute atomic E-state index is 0.0749. The lowest BCUT2D eigenvalue weighted by Crippen LogP contribution is -2.15. The second-order valence-corrected chi connectivity index (χ2v) is 9.97. The lowest BCUT2D eigenvalue weighted by Gasteiger charge is -2.21. The molecule has 6 rings (SSSR count). The van der Waals surface area contributed by atoms with Gasteiger partial charge in [0.2, 0.25) is 0 Å². The van der Waals surface area contributed by atoms with Gasteiger partial charge in [0.25, 0.3) is 0 Å². The molecular formula is C32H27N3. The first kappa shape index (κ1) is 21.4. The Morgan fingerprint density at radius 2 is 0.943 bits per heavy atom. The molecule has 3 nitrogen and oxygen atoms in total. The Morgan fingerprint density at radius 3 is 1.51 bits per heavy atom. The maximum atomic E-state index is 4.95. The summed E-state index contributed by atoms with van der Waals surface area (Å²) in [5.41, 5.74) is 10.6. The SMILES string of the molecule is Cc1ccc(-c2nc(-c3ccc(C)cc3)nc(-c3ccc4c(c3)C(C)(C)c3ccccc3-4)n2)cc1. The zero-order chi connectivity index (χ0) is 24.2. The minimum atomic E-state index is -0.0749. The monoisotopic (exact) mass is 453 g/mol. The normalized spacial score (nSPS) is 13.4. The van der Waals surface area contributed by atoms with Gasteiger partial charge in [-0.2, -0.15) is 0 Å². The Morgan fingerprint density at radius 1 is 0.486 bits per heavy atom. The topological polar surface area (TPSA) is 38.7 Å². The van der Waals surface area contributed by atoms with Crippen LogP contribution >= 0.6 is 0 Å². The van der Waals surface area contributed by atoms with Crippen LogP contribution in [0.4, 0.5) is 0 Å². The number of fused-ring (bicyclic) bond motifs is 3. The molecule has 3 heteroatoms. The van der Waals surface area contributed by atoms with E-state index < -0.39 is 0 Å². The molecule has 0 radical (unpaired) electrons. The van der Waals surface area contributed by atoms with E-state index in [0.717, 1.165) is 16.7 Å². The van der Waals surface area contributed by atoms with E-state index in [0.29, 0.717) is 17.5 Å². The zero-order valence-electron chi connectivity index (χ0n) is 20.5. The van der Waals surface area contributed by atoms with Gasteiger partial charge in [-0.3, -0.25) is 0 Å². The van der Waals surface area contributed by atoms with Crippen molar-refractivity contribution < 1.29 is 0 Å². The van der Waals surface area contributed by atoms with Gasteiger partial charge in [-0.15, -0.1) is 0 Å². The summed E-state index contributed by atoms with van der Waals surface area (Å²) < 4.78 is 0. The summed E-state index contributed by atoms with van der Waals surface area (Å²) in [5.74, 6) is 2.07. The van der Waals surface area contributed by atoms with Crippen LogP contribution in [0.5, 0.6) is 0 Å². The fourth-order valence-electron chi connectivity index (χ4n) is 5.01. The number of hydrogen-bond acceptors (Lipinski definition) is 3. The summed E-state index contributed by atoms with van der Waals surface area (Å²) in [6, 6.07) is 32.0. The van der Waals surface area contributed by atoms with E-state index in [4.69, 9.17) is 15.0 Å². The largest absolute Gasteiger partial charge is 0.208 e. The third-order valence-electron chi connectivity index (χ3n) is 7.10. The average Bonchev–Trinajstić information content (AvgIpc) is 3.11. The van der Waals surface area contributed by atoms with E-state index >= 15 is 0 Å². The van der Waals surface area contributed by atoms with E-state index in [9.17, 15) is 0 Å². The third kappa shape index (κ3) is 3.64. The molecular weight excluding hydrogens is 426 g/mol. The molecule has 4 aromatic carbocycles. The molecule has 0 atom stereocenters. The molecule has 0 spiro atoms. The Hall–Kier alpha value is -4.11. The van der Waals surface area contributed by atoms with E-state index in [1.165, 1.54) is 33.4 Å². The Bertz CT molecular complexity index is 1500. The highest BCUT2D eigenvalue weighted by molar-refractivity contribution is 5.83. The molecule has 170 valence electrons. The quantitative estimate of drug-likeness (QED) is 0.280. The van der Waals surface area contributed by atoms with Crippen LogP contribution in [0.2, 0.25) is 0 Å². The minimum Gasteiger partial charge on any atom is -0.208 e. The third-order valence-corrected chi connectivity index (χ3v) is 7.10. The first-order valence-electron chi connectivity index (χ1n) is 12.0. The number of hydrogen-bond donors (Lipinski definition) is 0. The summed E-state index contributed by atoms with van der Waals surface area (Å²) in [5, 5.41) is 0. The van der Waals surface area contributed by atoms with Gasteiger partial charge in [-0.25, -0.2) is 15.0 Å². The molecule has 0 saturated heterocycles. The van der Waals surface area contributed by atoms with Crippen molar-refractivity contribution in [2.75, 3.05) is 0 Å². The van der Waals surface area contributed by atoms with Gasteiger partial charge >= 0.3 is 0 Å². The zero-order valence-corrected chi connectivity index (χ0v) is 20.5. The van der Waals surface area contributed by atoms with E-state index in [2.05, 4.69) is 119 Å². The first-order chi connectivity index (χ1) is 16.9. The molecule has 1 aliphatic rings. The van der Waals surface area contributed by atoms with Crippen molar-refractivity contribution in [2.45, 2.75) is 33.1 Å². The number of aryl methyl sites for hydroxylation is 2. The van der Waals surface area contributed by atoms with Crippen molar-refractivity contribution in [3.8, 4) is 45.3 Å². The molecule has 0 N–H and O–H groups in total. The number of rotatable bonds is 3. The summed E-state index contributed by atoms with van der Waals surface area (Å²) in [6.07, 6.45) is 0. The van der Waals surface area contributed by atoms with Crippen LogP contribution in [0.25, 0.3) is 45.3 Å². The van der Waals surface area contributed by atoms with Gasteiger partial charge in [0.05, 0.1) is 0 Å². The molecule has 0 aliphatic heterocycles. The van der Waals surface area contributed by atoms with Crippen molar-refractivity contribution in [1.29, 1.82) is 0 Å². The summed E-state index contributed by atoms with van der Waals surface area (Å²) in [6.45, 7) is 8.77. The Kier molecular flexibility index (Phi) is 4.89. The van der Waals surface area contributed by atoms with Crippen molar-refractivity contribution in [2.24, 2.45) is 0 Å². The maximum Gasteiger partial charge on any atom is 0.164 e. The highest BCUT2D eigenvalue weighted by atomic mass is 15.0. The molecule has 35 heavy (non-hydrogen) atoms. The van der Waals surface area contributed by atoms with Crippen LogP contribution in [0.3, 0.4) is 0 Å². The fourth-order valence-corrected chi connectivity index (χ4v) is 5.01. The maximum absolute atomic E-state index is 4.95. The molecule has 1 aromatic heterocycles. The van der Waals surface area contributed by atoms with Crippen molar-refractivity contribution in [1.82, 2.24) is 15.0 Å². The van der Waals surface area contributed by atoms with E-state index in [1.54, 1.807) is 0 Å². The van der Waals surface area contributed by atoms with Gasteiger partial charge in [-0.05, 0) is 42.2 Å². The molecule has 1 heterocycles. The van der Waals surface area contributed by atoms with Crippen molar-refractivity contribution >= 4 is 0 Å². The number of nitrogens with zero attached hydrogens (tertiary/aromatic N) is 3. The van der Waals surface area contributed by atoms with Crippen LogP contribution in [0.15, 0.2) is 91.0 Å². The van der Waals surface area contributed by atoms with Crippen LogP contribution in [-0.4, -0.2) is 15.0 Å². The van der Waals surface area contributed by atoms with Crippen LogP contribution < -0.4 is 0 Å². The molecule has 1 aliphatic carbocycles. The lowest BCUT2D eigenvalue weighted by atomic mass is 9.82. The number of benzene rings is 4. The standard InChI is InChI=1S/C32H27N3/c1-20-9-13-22(14-10-20)29-33-30(23-15-11-21(2)12-16-23)35-31(34-29)24-17-18-26-25-7-5-6-8-27(25)32(3,4)28(26)19-24/h5-19H,1-4H3. The van der Waals surface area contributed by atoms with E-state index in [1.807, 2.05) is 0 Å². The molecule has 0 unspecified atom stereocenters. The van der Waals surface area contributed by atoms with Crippen molar-refractivity contribution in [3.63, 3.8) is 0 Å². The van der Waals surface area contributed by atoms with E-state index in [-0.39, 0.29) is 5.41 Å². The van der Waals surface area contributed by atoms with Crippen molar-refractivity contribution in [3.05, 3.63) is 113 Å². The molecule has 0 amide bonds. The Labute approximate surface area is 206 Å². The predicted molar refractivity (Wildman–Crippen MR) is 143 cm³/mol. The molecule has 5 aromatic rings. The summed E-state index contributed by atoms with van der Waals surface area (Å²) in [4.78, 5) is 14.8. The second-order valence-electron chi connectivity index (χ2n) is 9.97. The number of aromatic nitrogens is 3. The predicted octanol–water partition coefficient (Wildman–Crippen LogP) is 7.80. The van der Waals surface area contributed by atoms with Gasteiger partial charge in [0.15, 0.2) is 17.5 Å². The van der Waals surface area contributed by atoms with Gasteiger partial charge < -0.3 is 0 Å². The molecule has 0 fully saturated rings. The summed E-state index contributed by atoms with van der Waals surface area (Å²) >= 11 is 0. The van der Waals surface area contributed by atoms with Crippen LogP contribution in [0.1, 0.15) is 36.1 Å². The fraction of sp³-hybridized carbons (Fsp3) is 0.156. The molecule has 0 bridgehead atoms. The average molecular weight is 454 g/mol. The lowest BCUT2D eigenvalue weighted by molar-refractivity contribution is 0.660. The second kappa shape index (κ2) is 7.99. The first-order valence-corrected chi connectivity index (χ1v) is 12.0.